The molecular formula is C15H23N3O. The molecule has 1 aromatic heterocycles. The van der Waals surface area contributed by atoms with E-state index in [2.05, 4.69) is 22.5 Å². The van der Waals surface area contributed by atoms with Crippen LogP contribution in [0.1, 0.15) is 37.4 Å². The van der Waals surface area contributed by atoms with Crippen LogP contribution < -0.4 is 10.6 Å². The summed E-state index contributed by atoms with van der Waals surface area (Å²) in [5.74, 6) is 0.794. The minimum Gasteiger partial charge on any atom is -0.317 e. The van der Waals surface area contributed by atoms with Gasteiger partial charge in [-0.1, -0.05) is 6.92 Å². The molecule has 19 heavy (non-hydrogen) atoms. The molecule has 0 unspecified atom stereocenters. The molecule has 1 aliphatic heterocycles. The summed E-state index contributed by atoms with van der Waals surface area (Å²) < 4.78 is 0. The van der Waals surface area contributed by atoms with Crippen LogP contribution in [0.2, 0.25) is 0 Å². The SMILES string of the molecule is CCC1(C(=O)Nc2cc(C)cc(C)n2)CCNCC1. The Hall–Kier alpha value is -1.42. The molecule has 2 rings (SSSR count). The van der Waals surface area contributed by atoms with E-state index in [1.54, 1.807) is 0 Å². The van der Waals surface area contributed by atoms with Gasteiger partial charge >= 0.3 is 0 Å². The number of amides is 1. The fourth-order valence-electron chi connectivity index (χ4n) is 2.80. The maximum Gasteiger partial charge on any atom is 0.231 e. The van der Waals surface area contributed by atoms with E-state index in [4.69, 9.17) is 0 Å². The highest BCUT2D eigenvalue weighted by molar-refractivity contribution is 5.94. The molecule has 0 spiro atoms. The Morgan fingerprint density at radius 3 is 2.63 bits per heavy atom. The summed E-state index contributed by atoms with van der Waals surface area (Å²) in [5, 5.41) is 6.32. The van der Waals surface area contributed by atoms with Crippen LogP contribution in [0.3, 0.4) is 0 Å². The monoisotopic (exact) mass is 261 g/mol. The highest BCUT2D eigenvalue weighted by Crippen LogP contribution is 2.33. The van der Waals surface area contributed by atoms with Gasteiger partial charge in [0, 0.05) is 5.69 Å². The van der Waals surface area contributed by atoms with Gasteiger partial charge in [-0.3, -0.25) is 4.79 Å². The number of nitrogens with one attached hydrogen (secondary N) is 2. The predicted octanol–water partition coefficient (Wildman–Crippen LogP) is 2.42. The van der Waals surface area contributed by atoms with Crippen LogP contribution in [0.15, 0.2) is 12.1 Å². The van der Waals surface area contributed by atoms with Gasteiger partial charge in [0.15, 0.2) is 0 Å². The first-order valence-electron chi connectivity index (χ1n) is 7.03. The number of nitrogens with zero attached hydrogens (tertiary/aromatic N) is 1. The van der Waals surface area contributed by atoms with Gasteiger partial charge in [-0.15, -0.1) is 0 Å². The van der Waals surface area contributed by atoms with E-state index in [0.29, 0.717) is 5.82 Å². The van der Waals surface area contributed by atoms with Gasteiger partial charge in [-0.25, -0.2) is 4.98 Å². The molecule has 104 valence electrons. The van der Waals surface area contributed by atoms with Gasteiger partial charge in [0.1, 0.15) is 5.82 Å². The van der Waals surface area contributed by atoms with E-state index in [0.717, 1.165) is 43.6 Å². The van der Waals surface area contributed by atoms with Crippen molar-refractivity contribution >= 4 is 11.7 Å². The van der Waals surface area contributed by atoms with Gasteiger partial charge in [0.2, 0.25) is 5.91 Å². The fraction of sp³-hybridized carbons (Fsp3) is 0.600. The van der Waals surface area contributed by atoms with Crippen molar-refractivity contribution in [1.82, 2.24) is 10.3 Å². The maximum atomic E-state index is 12.6. The van der Waals surface area contributed by atoms with Crippen LogP contribution in [0.25, 0.3) is 0 Å². The van der Waals surface area contributed by atoms with Crippen molar-refractivity contribution < 1.29 is 4.79 Å². The second-order valence-corrected chi connectivity index (χ2v) is 5.51. The highest BCUT2D eigenvalue weighted by atomic mass is 16.2. The molecule has 1 aromatic rings. The Kier molecular flexibility index (Phi) is 4.20. The lowest BCUT2D eigenvalue weighted by Gasteiger charge is -2.35. The predicted molar refractivity (Wildman–Crippen MR) is 77.2 cm³/mol. The van der Waals surface area contributed by atoms with E-state index in [1.807, 2.05) is 26.0 Å². The zero-order valence-electron chi connectivity index (χ0n) is 12.0. The quantitative estimate of drug-likeness (QED) is 0.878. The summed E-state index contributed by atoms with van der Waals surface area (Å²) in [6.45, 7) is 7.90. The number of carbonyl (C=O) groups is 1. The molecule has 0 aromatic carbocycles. The second-order valence-electron chi connectivity index (χ2n) is 5.51. The van der Waals surface area contributed by atoms with Gasteiger partial charge in [0.05, 0.1) is 5.41 Å². The van der Waals surface area contributed by atoms with E-state index in [1.165, 1.54) is 0 Å². The van der Waals surface area contributed by atoms with E-state index in [-0.39, 0.29) is 11.3 Å². The van der Waals surface area contributed by atoms with Crippen LogP contribution in [-0.4, -0.2) is 24.0 Å². The van der Waals surface area contributed by atoms with Crippen LogP contribution in [0.4, 0.5) is 5.82 Å². The van der Waals surface area contributed by atoms with Crippen molar-refractivity contribution in [2.24, 2.45) is 5.41 Å². The number of pyridine rings is 1. The third-order valence-corrected chi connectivity index (χ3v) is 4.06. The molecule has 1 amide bonds. The molecule has 4 nitrogen and oxygen atoms in total. The highest BCUT2D eigenvalue weighted by Gasteiger charge is 2.37. The minimum atomic E-state index is -0.232. The molecule has 4 heteroatoms. The van der Waals surface area contributed by atoms with Crippen molar-refractivity contribution in [3.8, 4) is 0 Å². The lowest BCUT2D eigenvalue weighted by Crippen LogP contribution is -2.44. The number of rotatable bonds is 3. The molecule has 2 N–H and O–H groups in total. The van der Waals surface area contributed by atoms with Gasteiger partial charge < -0.3 is 10.6 Å². The van der Waals surface area contributed by atoms with Crippen LogP contribution in [-0.2, 0) is 4.79 Å². The van der Waals surface area contributed by atoms with Crippen LogP contribution >= 0.6 is 0 Å². The third-order valence-electron chi connectivity index (χ3n) is 4.06. The van der Waals surface area contributed by atoms with Crippen molar-refractivity contribution in [2.45, 2.75) is 40.0 Å². The average Bonchev–Trinajstić information content (AvgIpc) is 2.38. The second kappa shape index (κ2) is 5.70. The molecule has 0 aliphatic carbocycles. The first-order chi connectivity index (χ1) is 9.05. The molecule has 0 radical (unpaired) electrons. The normalized spacial score (nSPS) is 18.1. The standard InChI is InChI=1S/C15H23N3O/c1-4-15(5-7-16-8-6-15)14(19)18-13-10-11(2)9-12(3)17-13/h9-10,16H,4-8H2,1-3H3,(H,17,18,19). The van der Waals surface area contributed by atoms with Crippen LogP contribution in [0, 0.1) is 19.3 Å². The topological polar surface area (TPSA) is 54.0 Å². The van der Waals surface area contributed by atoms with E-state index < -0.39 is 0 Å². The van der Waals surface area contributed by atoms with Crippen molar-refractivity contribution in [1.29, 1.82) is 0 Å². The average molecular weight is 261 g/mol. The number of aryl methyl sites for hydroxylation is 2. The van der Waals surface area contributed by atoms with Crippen molar-refractivity contribution in [3.63, 3.8) is 0 Å². The van der Waals surface area contributed by atoms with E-state index in [9.17, 15) is 4.79 Å². The number of anilines is 1. The summed E-state index contributed by atoms with van der Waals surface area (Å²) in [4.78, 5) is 17.0. The molecule has 0 bridgehead atoms. The first kappa shape index (κ1) is 14.0. The Morgan fingerprint density at radius 2 is 2.05 bits per heavy atom. The molecule has 0 atom stereocenters. The smallest absolute Gasteiger partial charge is 0.231 e. The zero-order valence-corrected chi connectivity index (χ0v) is 12.0. The van der Waals surface area contributed by atoms with Gasteiger partial charge in [0.25, 0.3) is 0 Å². The minimum absolute atomic E-state index is 0.119. The number of carbonyl (C=O) groups excluding carboxylic acids is 1. The van der Waals surface area contributed by atoms with E-state index >= 15 is 0 Å². The first-order valence-corrected chi connectivity index (χ1v) is 7.03. The Balaban J connectivity index is 2.14. The molecular weight excluding hydrogens is 238 g/mol. The van der Waals surface area contributed by atoms with Crippen molar-refractivity contribution in [2.75, 3.05) is 18.4 Å². The molecule has 1 saturated heterocycles. The third kappa shape index (κ3) is 3.13. The Bertz CT molecular complexity index is 444. The summed E-state index contributed by atoms with van der Waals surface area (Å²) in [6, 6.07) is 3.94. The molecule has 1 fully saturated rings. The lowest BCUT2D eigenvalue weighted by atomic mass is 9.76. The molecule has 2 heterocycles. The van der Waals surface area contributed by atoms with Gasteiger partial charge in [-0.2, -0.15) is 0 Å². The summed E-state index contributed by atoms with van der Waals surface area (Å²) in [7, 11) is 0. The Morgan fingerprint density at radius 1 is 1.37 bits per heavy atom. The zero-order chi connectivity index (χ0) is 13.9. The fourth-order valence-corrected chi connectivity index (χ4v) is 2.80. The lowest BCUT2D eigenvalue weighted by molar-refractivity contribution is -0.127. The number of aromatic nitrogens is 1. The van der Waals surface area contributed by atoms with Crippen molar-refractivity contribution in [3.05, 3.63) is 23.4 Å². The summed E-state index contributed by atoms with van der Waals surface area (Å²) in [6.07, 6.45) is 2.69. The Labute approximate surface area is 115 Å². The number of hydrogen-bond acceptors (Lipinski definition) is 3. The number of hydrogen-bond donors (Lipinski definition) is 2. The number of piperidine rings is 1. The molecule has 1 aliphatic rings. The van der Waals surface area contributed by atoms with Gasteiger partial charge in [-0.05, 0) is 63.9 Å². The maximum absolute atomic E-state index is 12.6. The summed E-state index contributed by atoms with van der Waals surface area (Å²) in [5.41, 5.74) is 1.83. The molecule has 0 saturated carbocycles. The largest absolute Gasteiger partial charge is 0.317 e. The van der Waals surface area contributed by atoms with Crippen LogP contribution in [0.5, 0.6) is 0 Å². The summed E-state index contributed by atoms with van der Waals surface area (Å²) >= 11 is 0.